The Morgan fingerprint density at radius 2 is 1.69 bits per heavy atom. The molecule has 11 heteroatoms. The van der Waals surface area contributed by atoms with Crippen molar-refractivity contribution in [3.63, 3.8) is 0 Å². The highest BCUT2D eigenvalue weighted by Crippen LogP contribution is 2.28. The second-order valence-electron chi connectivity index (χ2n) is 9.57. The molecule has 1 aliphatic heterocycles. The van der Waals surface area contributed by atoms with E-state index in [4.69, 9.17) is 0 Å². The first-order valence-corrected chi connectivity index (χ1v) is 12.4. The van der Waals surface area contributed by atoms with Crippen molar-refractivity contribution in [3.05, 3.63) is 99.5 Å². The highest BCUT2D eigenvalue weighted by Gasteiger charge is 2.35. The van der Waals surface area contributed by atoms with Crippen LogP contribution in [0.2, 0.25) is 0 Å². The second kappa shape index (κ2) is 10.5. The van der Waals surface area contributed by atoms with Gasteiger partial charge in [0.25, 0.3) is 17.4 Å². The molecule has 0 aliphatic carbocycles. The van der Waals surface area contributed by atoms with Gasteiger partial charge in [-0.1, -0.05) is 18.2 Å². The van der Waals surface area contributed by atoms with E-state index in [-0.39, 0.29) is 61.6 Å². The van der Waals surface area contributed by atoms with Gasteiger partial charge in [-0.15, -0.1) is 0 Å². The number of pyridine rings is 1. The van der Waals surface area contributed by atoms with Gasteiger partial charge < -0.3 is 10.2 Å². The van der Waals surface area contributed by atoms with Crippen LogP contribution in [0, 0.1) is 11.6 Å². The number of aromatic nitrogens is 3. The molecular weight excluding hydrogens is 514 g/mol. The van der Waals surface area contributed by atoms with Crippen LogP contribution < -0.4 is 10.9 Å². The van der Waals surface area contributed by atoms with Crippen molar-refractivity contribution >= 4 is 22.9 Å². The van der Waals surface area contributed by atoms with E-state index in [0.29, 0.717) is 10.9 Å². The van der Waals surface area contributed by atoms with E-state index < -0.39 is 23.1 Å². The fraction of sp³-hybridized carbons (Fsp3) is 0.286. The zero-order chi connectivity index (χ0) is 27.7. The molecule has 4 aromatic rings. The topological polar surface area (TPSA) is 80.1 Å². The summed E-state index contributed by atoms with van der Waals surface area (Å²) in [6, 6.07) is 12.8. The first kappa shape index (κ1) is 26.3. The summed E-state index contributed by atoms with van der Waals surface area (Å²) in [5, 5.41) is 3.66. The highest BCUT2D eigenvalue weighted by molar-refractivity contribution is 5.94. The average Bonchev–Trinajstić information content (AvgIpc) is 2.91. The minimum Gasteiger partial charge on any atom is -0.348 e. The van der Waals surface area contributed by atoms with Crippen molar-refractivity contribution < 1.29 is 22.4 Å². The van der Waals surface area contributed by atoms with Gasteiger partial charge in [0.2, 0.25) is 5.95 Å². The maximum atomic E-state index is 14.3. The Kier molecular flexibility index (Phi) is 7.07. The zero-order valence-electron chi connectivity index (χ0n) is 21.0. The SMILES string of the molecule is C[C@H](Nc1ncc2ccc(=O)n(Cc3c(F)cccc3F)c2n1)c1ccc(C(=O)N2CCC(F)(F)CC2)cc1. The third kappa shape index (κ3) is 5.62. The molecule has 1 atom stereocenters. The zero-order valence-corrected chi connectivity index (χ0v) is 21.0. The molecule has 0 radical (unpaired) electrons. The van der Waals surface area contributed by atoms with Crippen LogP contribution in [0.25, 0.3) is 11.0 Å². The molecule has 1 amide bonds. The van der Waals surface area contributed by atoms with Crippen molar-refractivity contribution in [2.75, 3.05) is 18.4 Å². The van der Waals surface area contributed by atoms with Gasteiger partial charge >= 0.3 is 0 Å². The number of rotatable bonds is 6. The summed E-state index contributed by atoms with van der Waals surface area (Å²) in [5.41, 5.74) is 0.701. The maximum Gasteiger partial charge on any atom is 0.253 e. The summed E-state index contributed by atoms with van der Waals surface area (Å²) in [4.78, 5) is 35.5. The number of benzene rings is 2. The van der Waals surface area contributed by atoms with Gasteiger partial charge in [-0.3, -0.25) is 14.2 Å². The predicted octanol–water partition coefficient (Wildman–Crippen LogP) is 5.16. The van der Waals surface area contributed by atoms with Crippen LogP contribution in [-0.4, -0.2) is 44.4 Å². The number of carbonyl (C=O) groups excluding carboxylic acids is 1. The lowest BCUT2D eigenvalue weighted by atomic mass is 10.0. The average molecular weight is 540 g/mol. The maximum absolute atomic E-state index is 14.3. The molecule has 5 rings (SSSR count). The second-order valence-corrected chi connectivity index (χ2v) is 9.57. The van der Waals surface area contributed by atoms with E-state index in [9.17, 15) is 27.2 Å². The molecule has 1 saturated heterocycles. The quantitative estimate of drug-likeness (QED) is 0.343. The molecule has 1 aliphatic rings. The molecule has 0 bridgehead atoms. The summed E-state index contributed by atoms with van der Waals surface area (Å²) in [5.74, 6) is -4.35. The van der Waals surface area contributed by atoms with Gasteiger partial charge in [-0.2, -0.15) is 4.98 Å². The number of hydrogen-bond donors (Lipinski definition) is 1. The van der Waals surface area contributed by atoms with Gasteiger partial charge in [0.15, 0.2) is 0 Å². The van der Waals surface area contributed by atoms with Crippen molar-refractivity contribution in [1.82, 2.24) is 19.4 Å². The first-order chi connectivity index (χ1) is 18.6. The lowest BCUT2D eigenvalue weighted by molar-refractivity contribution is -0.0494. The molecule has 2 aromatic heterocycles. The largest absolute Gasteiger partial charge is 0.348 e. The van der Waals surface area contributed by atoms with E-state index >= 15 is 0 Å². The normalized spacial score (nSPS) is 15.8. The third-order valence-corrected chi connectivity index (χ3v) is 6.89. The summed E-state index contributed by atoms with van der Waals surface area (Å²) < 4.78 is 56.6. The molecule has 7 nitrogen and oxygen atoms in total. The number of nitrogens with zero attached hydrogens (tertiary/aromatic N) is 4. The number of carbonyl (C=O) groups is 1. The molecule has 0 spiro atoms. The Hall–Kier alpha value is -4.28. The van der Waals surface area contributed by atoms with Crippen LogP contribution in [0.4, 0.5) is 23.5 Å². The summed E-state index contributed by atoms with van der Waals surface area (Å²) in [6.45, 7) is 1.54. The summed E-state index contributed by atoms with van der Waals surface area (Å²) in [6.07, 6.45) is 0.828. The number of hydrogen-bond acceptors (Lipinski definition) is 5. The number of amides is 1. The smallest absolute Gasteiger partial charge is 0.253 e. The fourth-order valence-corrected chi connectivity index (χ4v) is 4.55. The van der Waals surface area contributed by atoms with Crippen molar-refractivity contribution in [1.29, 1.82) is 0 Å². The fourth-order valence-electron chi connectivity index (χ4n) is 4.55. The van der Waals surface area contributed by atoms with Crippen LogP contribution in [-0.2, 0) is 6.54 Å². The van der Waals surface area contributed by atoms with Crippen LogP contribution in [0.1, 0.15) is 47.3 Å². The van der Waals surface area contributed by atoms with E-state index in [1.807, 2.05) is 6.92 Å². The van der Waals surface area contributed by atoms with Gasteiger partial charge in [0.1, 0.15) is 17.3 Å². The minimum absolute atomic E-state index is 0.0134. The van der Waals surface area contributed by atoms with E-state index in [0.717, 1.165) is 17.7 Å². The van der Waals surface area contributed by atoms with Crippen LogP contribution >= 0.6 is 0 Å². The molecule has 39 heavy (non-hydrogen) atoms. The van der Waals surface area contributed by atoms with Crippen molar-refractivity contribution in [3.8, 4) is 0 Å². The van der Waals surface area contributed by atoms with Crippen molar-refractivity contribution in [2.24, 2.45) is 0 Å². The van der Waals surface area contributed by atoms with Crippen LogP contribution in [0.3, 0.4) is 0 Å². The van der Waals surface area contributed by atoms with E-state index in [1.165, 1.54) is 33.9 Å². The number of fused-ring (bicyclic) bond motifs is 1. The van der Waals surface area contributed by atoms with Crippen LogP contribution in [0.5, 0.6) is 0 Å². The van der Waals surface area contributed by atoms with Gasteiger partial charge in [0, 0.05) is 54.7 Å². The van der Waals surface area contributed by atoms with Crippen molar-refractivity contribution in [2.45, 2.75) is 38.3 Å². The Labute approximate surface area is 221 Å². The number of piperidine rings is 1. The van der Waals surface area contributed by atoms with Crippen LogP contribution in [0.15, 0.2) is 65.6 Å². The number of halogens is 4. The predicted molar refractivity (Wildman–Crippen MR) is 138 cm³/mol. The van der Waals surface area contributed by atoms with E-state index in [1.54, 1.807) is 24.3 Å². The molecule has 3 heterocycles. The summed E-state index contributed by atoms with van der Waals surface area (Å²) >= 11 is 0. The first-order valence-electron chi connectivity index (χ1n) is 12.4. The van der Waals surface area contributed by atoms with Gasteiger partial charge in [-0.25, -0.2) is 22.5 Å². The molecule has 0 saturated carbocycles. The van der Waals surface area contributed by atoms with Gasteiger partial charge in [-0.05, 0) is 42.8 Å². The highest BCUT2D eigenvalue weighted by atomic mass is 19.3. The number of anilines is 1. The lowest BCUT2D eigenvalue weighted by Crippen LogP contribution is -2.42. The Bertz CT molecular complexity index is 1560. The molecule has 202 valence electrons. The van der Waals surface area contributed by atoms with E-state index in [2.05, 4.69) is 15.3 Å². The number of likely N-dealkylation sites (tertiary alicyclic amines) is 1. The molecular formula is C28H25F4N5O2. The molecule has 2 aromatic carbocycles. The Morgan fingerprint density at radius 1 is 1.03 bits per heavy atom. The standard InChI is InChI=1S/C28H25F4N5O2/c1-17(18-5-7-19(8-6-18)26(39)36-13-11-28(31,32)12-14-36)34-27-33-15-20-9-10-24(38)37(25(20)35-27)16-21-22(29)3-2-4-23(21)30/h2-10,15,17H,11-14,16H2,1H3,(H,33,34,35)/t17-/m0/s1. The van der Waals surface area contributed by atoms with Gasteiger partial charge in [0.05, 0.1) is 12.6 Å². The molecule has 0 unspecified atom stereocenters. The number of alkyl halides is 2. The lowest BCUT2D eigenvalue weighted by Gasteiger charge is -2.31. The third-order valence-electron chi connectivity index (χ3n) is 6.89. The number of nitrogens with one attached hydrogen (secondary N) is 1. The summed E-state index contributed by atoms with van der Waals surface area (Å²) in [7, 11) is 0. The Balaban J connectivity index is 1.34. The molecule has 1 N–H and O–H groups in total. The minimum atomic E-state index is -2.73. The molecule has 1 fully saturated rings. The Morgan fingerprint density at radius 3 is 2.36 bits per heavy atom. The monoisotopic (exact) mass is 539 g/mol.